The molecule has 11 rings (SSSR count). The average molecular weight is 948 g/mol. The van der Waals surface area contributed by atoms with Crippen molar-refractivity contribution in [3.63, 3.8) is 0 Å². The molecule has 3 heterocycles. The van der Waals surface area contributed by atoms with Crippen LogP contribution in [0.3, 0.4) is 0 Å². The molecule has 5 heteroatoms. The molecule has 1 aliphatic rings. The van der Waals surface area contributed by atoms with Gasteiger partial charge in [-0.15, -0.1) is 0 Å². The molecule has 0 saturated carbocycles. The highest BCUT2D eigenvalue weighted by molar-refractivity contribution is 6.11. The van der Waals surface area contributed by atoms with Crippen molar-refractivity contribution < 1.29 is 33.5 Å². The van der Waals surface area contributed by atoms with E-state index in [4.69, 9.17) is 18.4 Å². The lowest BCUT2D eigenvalue weighted by Crippen LogP contribution is -2.25. The van der Waals surface area contributed by atoms with Crippen LogP contribution in [0.1, 0.15) is 108 Å². The first-order valence-electron chi connectivity index (χ1n) is 33.8. The minimum absolute atomic E-state index is 0.0208. The van der Waals surface area contributed by atoms with Gasteiger partial charge in [-0.25, -0.2) is 4.98 Å². The molecule has 1 aliphatic heterocycles. The Balaban J connectivity index is 1.15. The zero-order valence-corrected chi connectivity index (χ0v) is 40.8. The first kappa shape index (κ1) is 27.5. The minimum atomic E-state index is -0.972. The van der Waals surface area contributed by atoms with Gasteiger partial charge < -0.3 is 14.5 Å². The Morgan fingerprint density at radius 3 is 1.79 bits per heavy atom. The third kappa shape index (κ3) is 8.65. The fraction of sp³-hybridized carbons (Fsp3) is 0.197. The molecule has 0 amide bonds. The van der Waals surface area contributed by atoms with Crippen molar-refractivity contribution in [2.24, 2.45) is 0 Å². The Morgan fingerprint density at radius 2 is 1.11 bits per heavy atom. The predicted molar refractivity (Wildman–Crippen MR) is 300 cm³/mol. The maximum absolute atomic E-state index is 9.77. The summed E-state index contributed by atoms with van der Waals surface area (Å²) in [7, 11) is 0. The Hall–Kier alpha value is -7.89. The van der Waals surface area contributed by atoms with E-state index in [9.17, 15) is 15.1 Å². The Bertz CT molecular complexity index is 4780. The van der Waals surface area contributed by atoms with E-state index in [0.717, 1.165) is 21.3 Å². The van der Waals surface area contributed by atoms with Crippen molar-refractivity contribution in [3.05, 3.63) is 217 Å². The van der Waals surface area contributed by atoms with Crippen LogP contribution in [0.4, 0.5) is 22.7 Å². The molecule has 71 heavy (non-hydrogen) atoms. The van der Waals surface area contributed by atoms with E-state index in [0.29, 0.717) is 28.2 Å². The highest BCUT2D eigenvalue weighted by Crippen LogP contribution is 2.51. The standard InChI is InChI=1S/C66H62N4O/c1-64(2,3)48-34-35-67-62(40-48)70-58-33-30-46(44-20-12-10-13-21-44)38-57(58)56-32-31-53(42-61(56)70)71-52-25-18-24-51(41-52)68-43-69(60-29-17-16-28-59(60)68)63-54(45-22-14-11-15-23-45)26-19-27-55(63)47-36-49(65(4,5)6)39-50(37-47)66(7,8)9/h10-42H,43H2,1-9H3/i10D,11D,12D,13D,14D,15D,18D,20D,21D,22D,23D,24D,25D,30D,31D,32D,33D,34D,35D,38D,40D. The molecule has 0 atom stereocenters. The van der Waals surface area contributed by atoms with Gasteiger partial charge in [0.1, 0.15) is 24.0 Å². The molecule has 10 aromatic rings. The number of hydrogen-bond acceptors (Lipinski definition) is 4. The number of ether oxygens (including phenoxy) is 1. The number of rotatable bonds is 8. The summed E-state index contributed by atoms with van der Waals surface area (Å²) in [5.41, 5.74) is 1.91. The molecule has 0 N–H and O–H groups in total. The molecule has 352 valence electrons. The highest BCUT2D eigenvalue weighted by atomic mass is 16.5. The quantitative estimate of drug-likeness (QED) is 0.152. The molecule has 0 saturated heterocycles. The van der Waals surface area contributed by atoms with Crippen molar-refractivity contribution in [1.82, 2.24) is 9.55 Å². The maximum Gasteiger partial charge on any atom is 0.137 e. The summed E-state index contributed by atoms with van der Waals surface area (Å²) in [6.45, 7) is 17.7. The van der Waals surface area contributed by atoms with Gasteiger partial charge in [0.2, 0.25) is 0 Å². The van der Waals surface area contributed by atoms with E-state index in [-0.39, 0.29) is 73.7 Å². The van der Waals surface area contributed by atoms with Gasteiger partial charge in [0.15, 0.2) is 0 Å². The van der Waals surface area contributed by atoms with Gasteiger partial charge in [-0.2, -0.15) is 0 Å². The van der Waals surface area contributed by atoms with Crippen LogP contribution in [-0.2, 0) is 16.2 Å². The summed E-state index contributed by atoms with van der Waals surface area (Å²) in [6, 6.07) is 9.07. The van der Waals surface area contributed by atoms with E-state index in [1.807, 2.05) is 17.0 Å². The average Bonchev–Trinajstić information content (AvgIpc) is 1.52. The van der Waals surface area contributed by atoms with E-state index in [1.165, 1.54) is 12.1 Å². The van der Waals surface area contributed by atoms with Gasteiger partial charge in [0.25, 0.3) is 0 Å². The molecule has 0 unspecified atom stereocenters. The van der Waals surface area contributed by atoms with Crippen LogP contribution < -0.4 is 14.5 Å². The first-order valence-corrected chi connectivity index (χ1v) is 23.3. The monoisotopic (exact) mass is 948 g/mol. The number of nitrogens with zero attached hydrogens (tertiary/aromatic N) is 4. The third-order valence-corrected chi connectivity index (χ3v) is 12.6. The van der Waals surface area contributed by atoms with Crippen molar-refractivity contribution in [1.29, 1.82) is 0 Å². The molecule has 0 radical (unpaired) electrons. The molecule has 0 fully saturated rings. The molecule has 8 aromatic carbocycles. The lowest BCUT2D eigenvalue weighted by atomic mass is 9.78. The van der Waals surface area contributed by atoms with Gasteiger partial charge in [-0.05, 0) is 116 Å². The fourth-order valence-electron chi connectivity index (χ4n) is 8.81. The topological polar surface area (TPSA) is 33.5 Å². The summed E-state index contributed by atoms with van der Waals surface area (Å²) in [5.74, 6) is -1.24. The summed E-state index contributed by atoms with van der Waals surface area (Å²) < 4.78 is 199. The van der Waals surface area contributed by atoms with Gasteiger partial charge >= 0.3 is 0 Å². The number of aromatic nitrogens is 2. The molecular weight excluding hydrogens is 865 g/mol. The minimum Gasteiger partial charge on any atom is -0.457 e. The van der Waals surface area contributed by atoms with Crippen LogP contribution in [0, 0.1) is 0 Å². The van der Waals surface area contributed by atoms with Crippen molar-refractivity contribution >= 4 is 44.6 Å². The number of anilines is 4. The van der Waals surface area contributed by atoms with Crippen LogP contribution >= 0.6 is 0 Å². The largest absolute Gasteiger partial charge is 0.457 e. The molecule has 5 nitrogen and oxygen atoms in total. The van der Waals surface area contributed by atoms with Crippen LogP contribution in [0.15, 0.2) is 200 Å². The summed E-state index contributed by atoms with van der Waals surface area (Å²) in [5, 5.41) is -0.593. The first-order chi connectivity index (χ1) is 42.8. The summed E-state index contributed by atoms with van der Waals surface area (Å²) >= 11 is 0. The van der Waals surface area contributed by atoms with E-state index in [1.54, 1.807) is 56.0 Å². The second-order valence-electron chi connectivity index (χ2n) is 20.6. The van der Waals surface area contributed by atoms with E-state index >= 15 is 0 Å². The van der Waals surface area contributed by atoms with E-state index in [2.05, 4.69) is 64.7 Å². The number of para-hydroxylation sites is 3. The van der Waals surface area contributed by atoms with E-state index < -0.39 is 143 Å². The summed E-state index contributed by atoms with van der Waals surface area (Å²) in [6.07, 6.45) is -0.597. The van der Waals surface area contributed by atoms with Gasteiger partial charge in [-0.1, -0.05) is 183 Å². The smallest absolute Gasteiger partial charge is 0.137 e. The Labute approximate surface area is 449 Å². The highest BCUT2D eigenvalue weighted by Gasteiger charge is 2.32. The normalized spacial score (nSPS) is 17.2. The predicted octanol–water partition coefficient (Wildman–Crippen LogP) is 18.1. The fourth-order valence-corrected chi connectivity index (χ4v) is 8.81. The zero-order valence-electron chi connectivity index (χ0n) is 61.8. The number of fused-ring (bicyclic) bond motifs is 4. The summed E-state index contributed by atoms with van der Waals surface area (Å²) in [4.78, 5) is 7.98. The van der Waals surface area contributed by atoms with Gasteiger partial charge in [0.05, 0.1) is 56.9 Å². The van der Waals surface area contributed by atoms with Gasteiger partial charge in [0, 0.05) is 45.9 Å². The van der Waals surface area contributed by atoms with Crippen LogP contribution in [0.2, 0.25) is 0 Å². The molecule has 0 aliphatic carbocycles. The van der Waals surface area contributed by atoms with Crippen molar-refractivity contribution in [2.75, 3.05) is 16.5 Å². The SMILES string of the molecule is [2H]c1nc(-n2c3cc(Oc4cc(N5CN(c6c(-c7cc(C(C)(C)C)cc(C(C)(C)C)c7)cccc6-c6c([2H])c([2H])c([2H])c([2H])c6[2H])c6ccccc65)c([2H])c([2H])c4[2H])c([2H])c([2H])c3c3c([2H])c(-c4c([2H])c([2H])c([2H])c([2H])c4[2H])c([2H])c([2H])c32)c([2H])c(C(C)(C)C)c1[2H]. The van der Waals surface area contributed by atoms with Crippen LogP contribution in [0.5, 0.6) is 11.5 Å². The van der Waals surface area contributed by atoms with Crippen molar-refractivity contribution in [3.8, 4) is 50.7 Å². The molecule has 2 aromatic heterocycles. The number of benzene rings is 8. The van der Waals surface area contributed by atoms with Crippen molar-refractivity contribution in [2.45, 2.75) is 78.6 Å². The molecule has 0 spiro atoms. The number of hydrogen-bond donors (Lipinski definition) is 0. The molecule has 0 bridgehead atoms. The third-order valence-electron chi connectivity index (χ3n) is 12.6. The zero-order chi connectivity index (χ0) is 67.5. The molecular formula is C66H62N4O. The lowest BCUT2D eigenvalue weighted by Gasteiger charge is -2.29. The Morgan fingerprint density at radius 1 is 0.479 bits per heavy atom. The van der Waals surface area contributed by atoms with Gasteiger partial charge in [-0.3, -0.25) is 4.57 Å². The number of pyridine rings is 1. The second kappa shape index (κ2) is 17.5. The van der Waals surface area contributed by atoms with Crippen LogP contribution in [0.25, 0.3) is 61.0 Å². The lowest BCUT2D eigenvalue weighted by molar-refractivity contribution is 0.483. The maximum atomic E-state index is 9.77. The Kier molecular flexibility index (Phi) is 6.78. The second-order valence-corrected chi connectivity index (χ2v) is 20.6. The van der Waals surface area contributed by atoms with Crippen LogP contribution in [-0.4, -0.2) is 16.2 Å².